The molecule has 0 aliphatic carbocycles. The topological polar surface area (TPSA) is 92.5 Å². The van der Waals surface area contributed by atoms with Crippen molar-refractivity contribution in [3.8, 4) is 0 Å². The van der Waals surface area contributed by atoms with Gasteiger partial charge in [0.1, 0.15) is 5.69 Å². The van der Waals surface area contributed by atoms with Crippen LogP contribution in [0.1, 0.15) is 22.5 Å². The average molecular weight is 351 g/mol. The lowest BCUT2D eigenvalue weighted by Crippen LogP contribution is -2.34. The predicted octanol–water partition coefficient (Wildman–Crippen LogP) is 1.18. The minimum atomic E-state index is -1.11. The number of rotatable bonds is 6. The van der Waals surface area contributed by atoms with Crippen molar-refractivity contribution in [3.05, 3.63) is 63.6 Å². The van der Waals surface area contributed by atoms with E-state index in [-0.39, 0.29) is 25.2 Å². The molecule has 0 saturated heterocycles. The maximum absolute atomic E-state index is 13.3. The van der Waals surface area contributed by atoms with Gasteiger partial charge in [-0.15, -0.1) is 0 Å². The maximum atomic E-state index is 13.3. The molecule has 1 N–H and O–H groups in total. The summed E-state index contributed by atoms with van der Waals surface area (Å²) in [6, 6.07) is 5.55. The van der Waals surface area contributed by atoms with E-state index in [0.29, 0.717) is 5.56 Å². The monoisotopic (exact) mass is 351 g/mol. The van der Waals surface area contributed by atoms with Gasteiger partial charge in [-0.2, -0.15) is 5.10 Å². The van der Waals surface area contributed by atoms with E-state index in [0.717, 1.165) is 27.8 Å². The molecule has 0 radical (unpaired) electrons. The summed E-state index contributed by atoms with van der Waals surface area (Å²) < 4.78 is 27.3. The molecule has 25 heavy (non-hydrogen) atoms. The molecule has 0 bridgehead atoms. The third-order valence-corrected chi connectivity index (χ3v) is 3.42. The standard InChI is InChI=1S/C16H15F2N3O4/c1-20-14(22)5-4-13(19-20)16(25)21(7-6-15(23)24)9-10-2-3-11(17)12(18)8-10/h2-5,8H,6-7,9H2,1H3,(H,23,24). The molecule has 0 unspecified atom stereocenters. The highest BCUT2D eigenvalue weighted by molar-refractivity contribution is 5.92. The lowest BCUT2D eigenvalue weighted by molar-refractivity contribution is -0.137. The zero-order chi connectivity index (χ0) is 18.6. The van der Waals surface area contributed by atoms with Crippen molar-refractivity contribution in [1.29, 1.82) is 0 Å². The number of benzene rings is 1. The molecule has 1 heterocycles. The van der Waals surface area contributed by atoms with Crippen LogP contribution in [0.4, 0.5) is 8.78 Å². The number of carboxylic acid groups (broad SMARTS) is 1. The minimum absolute atomic E-state index is 0.0601. The largest absolute Gasteiger partial charge is 0.481 e. The number of amides is 1. The maximum Gasteiger partial charge on any atom is 0.305 e. The summed E-state index contributed by atoms with van der Waals surface area (Å²) >= 11 is 0. The van der Waals surface area contributed by atoms with Gasteiger partial charge in [0.25, 0.3) is 11.5 Å². The zero-order valence-electron chi connectivity index (χ0n) is 13.3. The Hall–Kier alpha value is -3.10. The molecular formula is C16H15F2N3O4. The summed E-state index contributed by atoms with van der Waals surface area (Å²) in [5, 5.41) is 12.7. The van der Waals surface area contributed by atoms with Gasteiger partial charge in [-0.1, -0.05) is 6.07 Å². The number of aliphatic carboxylic acids is 1. The first-order chi connectivity index (χ1) is 11.8. The van der Waals surface area contributed by atoms with Crippen molar-refractivity contribution in [2.75, 3.05) is 6.54 Å². The fraction of sp³-hybridized carbons (Fsp3) is 0.250. The van der Waals surface area contributed by atoms with Crippen LogP contribution in [0.5, 0.6) is 0 Å². The summed E-state index contributed by atoms with van der Waals surface area (Å²) in [5.41, 5.74) is -0.174. The summed E-state index contributed by atoms with van der Waals surface area (Å²) in [6.45, 7) is -0.286. The van der Waals surface area contributed by atoms with Crippen LogP contribution in [0, 0.1) is 11.6 Å². The van der Waals surface area contributed by atoms with Crippen LogP contribution < -0.4 is 5.56 Å². The predicted molar refractivity (Wildman–Crippen MR) is 82.8 cm³/mol. The molecule has 0 atom stereocenters. The van der Waals surface area contributed by atoms with Crippen LogP contribution >= 0.6 is 0 Å². The van der Waals surface area contributed by atoms with Gasteiger partial charge in [0.2, 0.25) is 0 Å². The van der Waals surface area contributed by atoms with Crippen LogP contribution in [0.2, 0.25) is 0 Å². The van der Waals surface area contributed by atoms with Crippen molar-refractivity contribution < 1.29 is 23.5 Å². The molecule has 132 valence electrons. The van der Waals surface area contributed by atoms with Gasteiger partial charge in [0.05, 0.1) is 6.42 Å². The van der Waals surface area contributed by atoms with Crippen LogP contribution in [0.15, 0.2) is 35.1 Å². The summed E-state index contributed by atoms with van der Waals surface area (Å²) in [6.07, 6.45) is -0.332. The Morgan fingerprint density at radius 3 is 2.52 bits per heavy atom. The molecule has 0 aliphatic rings. The quantitative estimate of drug-likeness (QED) is 0.844. The molecule has 0 spiro atoms. The highest BCUT2D eigenvalue weighted by Gasteiger charge is 2.20. The highest BCUT2D eigenvalue weighted by atomic mass is 19.2. The molecule has 1 amide bonds. The van der Waals surface area contributed by atoms with E-state index in [1.165, 1.54) is 19.2 Å². The van der Waals surface area contributed by atoms with E-state index >= 15 is 0 Å². The smallest absolute Gasteiger partial charge is 0.305 e. The second kappa shape index (κ2) is 7.65. The van der Waals surface area contributed by atoms with Gasteiger partial charge in [-0.05, 0) is 23.8 Å². The lowest BCUT2D eigenvalue weighted by Gasteiger charge is -2.22. The second-order valence-corrected chi connectivity index (χ2v) is 5.30. The van der Waals surface area contributed by atoms with Crippen molar-refractivity contribution in [2.24, 2.45) is 7.05 Å². The van der Waals surface area contributed by atoms with Crippen molar-refractivity contribution >= 4 is 11.9 Å². The van der Waals surface area contributed by atoms with E-state index in [4.69, 9.17) is 5.11 Å². The van der Waals surface area contributed by atoms with E-state index in [1.54, 1.807) is 0 Å². The first-order valence-electron chi connectivity index (χ1n) is 7.27. The molecule has 2 aromatic rings. The molecule has 2 rings (SSSR count). The van der Waals surface area contributed by atoms with Gasteiger partial charge < -0.3 is 10.0 Å². The molecular weight excluding hydrogens is 336 g/mol. The van der Waals surface area contributed by atoms with Gasteiger partial charge in [0.15, 0.2) is 11.6 Å². The third-order valence-electron chi connectivity index (χ3n) is 3.42. The first-order valence-corrected chi connectivity index (χ1v) is 7.27. The Morgan fingerprint density at radius 2 is 1.92 bits per heavy atom. The van der Waals surface area contributed by atoms with Gasteiger partial charge in [0, 0.05) is 26.2 Å². The molecule has 7 nitrogen and oxygen atoms in total. The minimum Gasteiger partial charge on any atom is -0.481 e. The number of halogens is 2. The first kappa shape index (κ1) is 18.2. The third kappa shape index (κ3) is 4.69. The molecule has 0 saturated carbocycles. The summed E-state index contributed by atoms with van der Waals surface area (Å²) in [5.74, 6) is -3.83. The fourth-order valence-corrected chi connectivity index (χ4v) is 2.12. The van der Waals surface area contributed by atoms with E-state index < -0.39 is 29.1 Å². The number of carboxylic acids is 1. The molecule has 0 aliphatic heterocycles. The summed E-state index contributed by atoms with van der Waals surface area (Å²) in [7, 11) is 1.37. The van der Waals surface area contributed by atoms with E-state index in [9.17, 15) is 23.2 Å². The number of nitrogens with zero attached hydrogens (tertiary/aromatic N) is 3. The Balaban J connectivity index is 2.28. The van der Waals surface area contributed by atoms with Crippen LogP contribution in [-0.2, 0) is 18.4 Å². The van der Waals surface area contributed by atoms with Crippen molar-refractivity contribution in [1.82, 2.24) is 14.7 Å². The van der Waals surface area contributed by atoms with Crippen molar-refractivity contribution in [2.45, 2.75) is 13.0 Å². The van der Waals surface area contributed by atoms with Crippen LogP contribution in [-0.4, -0.2) is 38.2 Å². The van der Waals surface area contributed by atoms with Crippen LogP contribution in [0.25, 0.3) is 0 Å². The van der Waals surface area contributed by atoms with Gasteiger partial charge >= 0.3 is 5.97 Å². The van der Waals surface area contributed by atoms with Gasteiger partial charge in [-0.3, -0.25) is 14.4 Å². The zero-order valence-corrected chi connectivity index (χ0v) is 13.3. The Bertz CT molecular complexity index is 867. The Morgan fingerprint density at radius 1 is 1.20 bits per heavy atom. The lowest BCUT2D eigenvalue weighted by atomic mass is 10.2. The summed E-state index contributed by atoms with van der Waals surface area (Å²) in [4.78, 5) is 35.9. The molecule has 1 aromatic carbocycles. The fourth-order valence-electron chi connectivity index (χ4n) is 2.12. The average Bonchev–Trinajstić information content (AvgIpc) is 2.56. The molecule has 1 aromatic heterocycles. The normalized spacial score (nSPS) is 10.5. The Kier molecular flexibility index (Phi) is 5.58. The van der Waals surface area contributed by atoms with Crippen LogP contribution in [0.3, 0.4) is 0 Å². The number of carbonyl (C=O) groups excluding carboxylic acids is 1. The molecule has 0 fully saturated rings. The van der Waals surface area contributed by atoms with Gasteiger partial charge in [-0.25, -0.2) is 13.5 Å². The SMILES string of the molecule is Cn1nc(C(=O)N(CCC(=O)O)Cc2ccc(F)c(F)c2)ccc1=O. The van der Waals surface area contributed by atoms with Crippen molar-refractivity contribution in [3.63, 3.8) is 0 Å². The molecule has 9 heteroatoms. The van der Waals surface area contributed by atoms with E-state index in [1.807, 2.05) is 0 Å². The number of carbonyl (C=O) groups is 2. The second-order valence-electron chi connectivity index (χ2n) is 5.30. The Labute approximate surface area is 141 Å². The highest BCUT2D eigenvalue weighted by Crippen LogP contribution is 2.13. The van der Waals surface area contributed by atoms with E-state index in [2.05, 4.69) is 5.10 Å². The number of aryl methyl sites for hydroxylation is 1. The number of hydrogen-bond donors (Lipinski definition) is 1. The number of aromatic nitrogens is 2. The number of hydrogen-bond acceptors (Lipinski definition) is 4.